The van der Waals surface area contributed by atoms with E-state index in [1.54, 1.807) is 50.2 Å². The van der Waals surface area contributed by atoms with E-state index in [4.69, 9.17) is 14.2 Å². The Labute approximate surface area is 223 Å². The monoisotopic (exact) mass is 530 g/mol. The number of carbonyl (C=O) groups excluding carboxylic acids is 1. The summed E-state index contributed by atoms with van der Waals surface area (Å²) in [5.74, 6) is -0.541. The zero-order valence-electron chi connectivity index (χ0n) is 21.6. The lowest BCUT2D eigenvalue weighted by Gasteiger charge is -2.17. The van der Waals surface area contributed by atoms with Gasteiger partial charge >= 0.3 is 11.7 Å². The lowest BCUT2D eigenvalue weighted by Crippen LogP contribution is -2.26. The number of benzene rings is 3. The summed E-state index contributed by atoms with van der Waals surface area (Å²) in [6.07, 6.45) is 0.191. The van der Waals surface area contributed by atoms with Crippen LogP contribution >= 0.6 is 0 Å². The summed E-state index contributed by atoms with van der Waals surface area (Å²) in [7, 11) is 0. The van der Waals surface area contributed by atoms with E-state index in [1.807, 2.05) is 18.2 Å². The molecule has 0 N–H and O–H groups in total. The number of aromatic nitrogens is 2. The van der Waals surface area contributed by atoms with Crippen LogP contribution in [0.15, 0.2) is 76.6 Å². The molecule has 11 heteroatoms. The number of fused-ring (bicyclic) bond motifs is 1. The Morgan fingerprint density at radius 2 is 1.82 bits per heavy atom. The van der Waals surface area contributed by atoms with Crippen LogP contribution < -0.4 is 15.0 Å². The first-order valence-corrected chi connectivity index (χ1v) is 12.2. The number of ether oxygens (including phenoxy) is 3. The van der Waals surface area contributed by atoms with Crippen molar-refractivity contribution >= 4 is 28.8 Å². The minimum atomic E-state index is -1.11. The van der Waals surface area contributed by atoms with Gasteiger partial charge < -0.3 is 14.2 Å². The maximum absolute atomic E-state index is 13.4. The third-order valence-corrected chi connectivity index (χ3v) is 5.58. The molecule has 11 nitrogen and oxygen atoms in total. The smallest absolute Gasteiger partial charge is 0.347 e. The molecule has 39 heavy (non-hydrogen) atoms. The quantitative estimate of drug-likeness (QED) is 0.126. The molecule has 0 aliphatic carbocycles. The van der Waals surface area contributed by atoms with Crippen LogP contribution in [-0.2, 0) is 9.53 Å². The third kappa shape index (κ3) is 5.93. The van der Waals surface area contributed by atoms with Gasteiger partial charge in [0.1, 0.15) is 0 Å². The highest BCUT2D eigenvalue weighted by atomic mass is 16.6. The van der Waals surface area contributed by atoms with E-state index >= 15 is 0 Å². The molecule has 3 aromatic carbocycles. The van der Waals surface area contributed by atoms with Crippen molar-refractivity contribution in [2.45, 2.75) is 26.9 Å². The molecule has 1 atom stereocenters. The zero-order chi connectivity index (χ0) is 27.9. The maximum Gasteiger partial charge on any atom is 0.347 e. The highest BCUT2D eigenvalue weighted by molar-refractivity contribution is 5.84. The number of nitro benzene ring substituents is 1. The molecule has 4 rings (SSSR count). The molecule has 0 bridgehead atoms. The number of nitrogens with zero attached hydrogens (tertiary/aromatic N) is 4. The first-order chi connectivity index (χ1) is 18.8. The van der Waals surface area contributed by atoms with Crippen molar-refractivity contribution < 1.29 is 23.9 Å². The lowest BCUT2D eigenvalue weighted by atomic mass is 10.1. The summed E-state index contributed by atoms with van der Waals surface area (Å²) in [6.45, 7) is 5.09. The van der Waals surface area contributed by atoms with Crippen molar-refractivity contribution in [2.75, 3.05) is 13.2 Å². The van der Waals surface area contributed by atoms with Gasteiger partial charge in [-0.1, -0.05) is 42.5 Å². The number of nitro groups is 1. The normalized spacial score (nSPS) is 11.9. The predicted octanol–water partition coefficient (Wildman–Crippen LogP) is 4.58. The SMILES string of the molecule is CCOC(=O)[C@@H](C)Oc1c(OCC)cc(C=Nn2c(-c3ccccc3)nc3ccccc3c2=O)cc1[N+](=O)[O-]. The molecule has 0 saturated carbocycles. The first kappa shape index (κ1) is 27.0. The minimum absolute atomic E-state index is 0.0385. The minimum Gasteiger partial charge on any atom is -0.490 e. The van der Waals surface area contributed by atoms with Gasteiger partial charge in [0, 0.05) is 17.2 Å². The van der Waals surface area contributed by atoms with Crippen LogP contribution in [-0.4, -0.2) is 46.1 Å². The van der Waals surface area contributed by atoms with Gasteiger partial charge in [-0.05, 0) is 39.0 Å². The Morgan fingerprint density at radius 3 is 2.51 bits per heavy atom. The number of hydrogen-bond donors (Lipinski definition) is 0. The van der Waals surface area contributed by atoms with Crippen LogP contribution in [0.3, 0.4) is 0 Å². The first-order valence-electron chi connectivity index (χ1n) is 12.2. The second kappa shape index (κ2) is 12.0. The van der Waals surface area contributed by atoms with Gasteiger partial charge in [-0.3, -0.25) is 14.9 Å². The van der Waals surface area contributed by atoms with Gasteiger partial charge in [0.25, 0.3) is 5.56 Å². The lowest BCUT2D eigenvalue weighted by molar-refractivity contribution is -0.386. The van der Waals surface area contributed by atoms with Gasteiger partial charge in [-0.2, -0.15) is 9.78 Å². The maximum atomic E-state index is 13.4. The molecular weight excluding hydrogens is 504 g/mol. The van der Waals surface area contributed by atoms with Crippen molar-refractivity contribution in [3.63, 3.8) is 0 Å². The van der Waals surface area contributed by atoms with Crippen LogP contribution in [0.4, 0.5) is 5.69 Å². The second-order valence-electron chi connectivity index (χ2n) is 8.25. The van der Waals surface area contributed by atoms with Crippen molar-refractivity contribution in [1.82, 2.24) is 9.66 Å². The van der Waals surface area contributed by atoms with Crippen molar-refractivity contribution in [2.24, 2.45) is 5.10 Å². The van der Waals surface area contributed by atoms with E-state index in [-0.39, 0.29) is 30.3 Å². The van der Waals surface area contributed by atoms with E-state index in [1.165, 1.54) is 25.3 Å². The van der Waals surface area contributed by atoms with E-state index in [0.29, 0.717) is 22.3 Å². The van der Waals surface area contributed by atoms with E-state index in [9.17, 15) is 19.7 Å². The summed E-state index contributed by atoms with van der Waals surface area (Å²) < 4.78 is 17.3. The van der Waals surface area contributed by atoms with Gasteiger partial charge in [-0.25, -0.2) is 9.78 Å². The summed E-state index contributed by atoms with van der Waals surface area (Å²) in [6, 6.07) is 18.7. The second-order valence-corrected chi connectivity index (χ2v) is 8.25. The van der Waals surface area contributed by atoms with Crippen LogP contribution in [0.2, 0.25) is 0 Å². The molecule has 0 aliphatic rings. The van der Waals surface area contributed by atoms with Crippen LogP contribution in [0.1, 0.15) is 26.3 Å². The molecule has 0 spiro atoms. The summed E-state index contributed by atoms with van der Waals surface area (Å²) in [5.41, 5.74) is 0.596. The van der Waals surface area contributed by atoms with Crippen LogP contribution in [0.5, 0.6) is 11.5 Å². The van der Waals surface area contributed by atoms with E-state index in [2.05, 4.69) is 10.1 Å². The average molecular weight is 531 g/mol. The third-order valence-electron chi connectivity index (χ3n) is 5.58. The van der Waals surface area contributed by atoms with Gasteiger partial charge in [0.05, 0.1) is 35.3 Å². The average Bonchev–Trinajstić information content (AvgIpc) is 2.94. The van der Waals surface area contributed by atoms with Gasteiger partial charge in [-0.15, -0.1) is 0 Å². The molecule has 0 fully saturated rings. The molecule has 1 heterocycles. The largest absolute Gasteiger partial charge is 0.490 e. The molecule has 4 aromatic rings. The molecule has 0 unspecified atom stereocenters. The summed E-state index contributed by atoms with van der Waals surface area (Å²) in [4.78, 5) is 41.4. The molecule has 0 aliphatic heterocycles. The fourth-order valence-corrected chi connectivity index (χ4v) is 3.81. The number of esters is 1. The number of carbonyl (C=O) groups is 1. The Kier molecular flexibility index (Phi) is 8.30. The predicted molar refractivity (Wildman–Crippen MR) is 145 cm³/mol. The van der Waals surface area contributed by atoms with Crippen LogP contribution in [0, 0.1) is 10.1 Å². The topological polar surface area (TPSA) is 135 Å². The zero-order valence-corrected chi connectivity index (χ0v) is 21.6. The molecule has 0 radical (unpaired) electrons. The standard InChI is InChI=1S/C28H26N4O7/c1-4-37-24-16-19(15-23(32(35)36)25(24)39-18(3)28(34)38-5-2)17-29-31-26(20-11-7-6-8-12-20)30-22-14-10-9-13-21(22)27(31)33/h6-18H,4-5H2,1-3H3/t18-/m1/s1. The van der Waals surface area contributed by atoms with E-state index in [0.717, 1.165) is 4.68 Å². The molecule has 1 aromatic heterocycles. The van der Waals surface area contributed by atoms with Gasteiger partial charge in [0.2, 0.25) is 5.75 Å². The van der Waals surface area contributed by atoms with Crippen molar-refractivity contribution in [3.05, 3.63) is 92.8 Å². The van der Waals surface area contributed by atoms with Crippen molar-refractivity contribution in [1.29, 1.82) is 0 Å². The number of hydrogen-bond acceptors (Lipinski definition) is 9. The highest BCUT2D eigenvalue weighted by Gasteiger charge is 2.27. The molecule has 0 saturated heterocycles. The highest BCUT2D eigenvalue weighted by Crippen LogP contribution is 2.39. The summed E-state index contributed by atoms with van der Waals surface area (Å²) in [5, 5.41) is 16.7. The summed E-state index contributed by atoms with van der Waals surface area (Å²) >= 11 is 0. The number of rotatable bonds is 10. The molecule has 0 amide bonds. The van der Waals surface area contributed by atoms with Crippen LogP contribution in [0.25, 0.3) is 22.3 Å². The number of para-hydroxylation sites is 1. The Hall–Kier alpha value is -5.06. The fraction of sp³-hybridized carbons (Fsp3) is 0.214. The molecular formula is C28H26N4O7. The molecule has 200 valence electrons. The van der Waals surface area contributed by atoms with Crippen molar-refractivity contribution in [3.8, 4) is 22.9 Å². The Balaban J connectivity index is 1.83. The van der Waals surface area contributed by atoms with Gasteiger partial charge in [0.15, 0.2) is 17.7 Å². The Morgan fingerprint density at radius 1 is 1.10 bits per heavy atom. The van der Waals surface area contributed by atoms with E-state index < -0.39 is 28.2 Å². The fourth-order valence-electron chi connectivity index (χ4n) is 3.81. The Bertz CT molecular complexity index is 1600.